The molecule has 1 aromatic carbocycles. The van der Waals surface area contributed by atoms with E-state index in [-0.39, 0.29) is 0 Å². The van der Waals surface area contributed by atoms with E-state index in [0.29, 0.717) is 6.54 Å². The maximum absolute atomic E-state index is 4.61. The first-order valence-electron chi connectivity index (χ1n) is 7.43. The van der Waals surface area contributed by atoms with Gasteiger partial charge in [-0.05, 0) is 23.8 Å². The molecule has 0 spiro atoms. The van der Waals surface area contributed by atoms with Crippen molar-refractivity contribution in [3.05, 3.63) is 78.8 Å². The van der Waals surface area contributed by atoms with E-state index in [0.717, 1.165) is 22.7 Å². The Morgan fingerprint density at radius 1 is 0.957 bits per heavy atom. The van der Waals surface area contributed by atoms with Gasteiger partial charge >= 0.3 is 0 Å². The van der Waals surface area contributed by atoms with Gasteiger partial charge in [0.2, 0.25) is 0 Å². The molecule has 0 saturated carbocycles. The fourth-order valence-electron chi connectivity index (χ4n) is 2.42. The molecule has 0 aliphatic heterocycles. The summed E-state index contributed by atoms with van der Waals surface area (Å²) in [7, 11) is 0. The molecule has 23 heavy (non-hydrogen) atoms. The number of pyridine rings is 1. The van der Waals surface area contributed by atoms with Gasteiger partial charge in [0.05, 0.1) is 5.69 Å². The SMILES string of the molecule is c1ccc(-c2cc3nc(NCc4ccncc4)ccn3n2)cc1. The summed E-state index contributed by atoms with van der Waals surface area (Å²) in [5.74, 6) is 0.828. The van der Waals surface area contributed by atoms with Gasteiger partial charge in [0.15, 0.2) is 5.65 Å². The van der Waals surface area contributed by atoms with Crippen LogP contribution in [0.4, 0.5) is 5.82 Å². The average molecular weight is 301 g/mol. The molecule has 0 saturated heterocycles. The van der Waals surface area contributed by atoms with Crippen molar-refractivity contribution in [2.24, 2.45) is 0 Å². The van der Waals surface area contributed by atoms with Crippen LogP contribution in [0.15, 0.2) is 73.2 Å². The molecule has 3 heterocycles. The van der Waals surface area contributed by atoms with Crippen molar-refractivity contribution in [2.75, 3.05) is 5.32 Å². The zero-order valence-electron chi connectivity index (χ0n) is 12.4. The molecule has 5 nitrogen and oxygen atoms in total. The number of benzene rings is 1. The lowest BCUT2D eigenvalue weighted by atomic mass is 10.2. The molecular weight excluding hydrogens is 286 g/mol. The zero-order valence-corrected chi connectivity index (χ0v) is 12.4. The minimum atomic E-state index is 0.714. The number of aromatic nitrogens is 4. The average Bonchev–Trinajstić information content (AvgIpc) is 3.05. The van der Waals surface area contributed by atoms with Crippen LogP contribution in [-0.2, 0) is 6.54 Å². The highest BCUT2D eigenvalue weighted by Crippen LogP contribution is 2.19. The highest BCUT2D eigenvalue weighted by atomic mass is 15.3. The van der Waals surface area contributed by atoms with Crippen molar-refractivity contribution in [1.82, 2.24) is 19.6 Å². The molecule has 0 amide bonds. The number of rotatable bonds is 4. The number of anilines is 1. The first-order valence-corrected chi connectivity index (χ1v) is 7.43. The van der Waals surface area contributed by atoms with Crippen molar-refractivity contribution < 1.29 is 0 Å². The molecule has 3 aromatic heterocycles. The van der Waals surface area contributed by atoms with Gasteiger partial charge in [-0.3, -0.25) is 4.98 Å². The van der Waals surface area contributed by atoms with Crippen molar-refractivity contribution in [3.8, 4) is 11.3 Å². The smallest absolute Gasteiger partial charge is 0.157 e. The topological polar surface area (TPSA) is 55.1 Å². The summed E-state index contributed by atoms with van der Waals surface area (Å²) >= 11 is 0. The fraction of sp³-hybridized carbons (Fsp3) is 0.0556. The normalized spacial score (nSPS) is 10.8. The molecule has 112 valence electrons. The molecule has 0 atom stereocenters. The van der Waals surface area contributed by atoms with Crippen LogP contribution in [0.5, 0.6) is 0 Å². The van der Waals surface area contributed by atoms with E-state index in [2.05, 4.69) is 20.4 Å². The van der Waals surface area contributed by atoms with Gasteiger partial charge in [-0.2, -0.15) is 5.10 Å². The molecule has 5 heteroatoms. The van der Waals surface area contributed by atoms with Crippen LogP contribution < -0.4 is 5.32 Å². The van der Waals surface area contributed by atoms with E-state index in [1.165, 1.54) is 5.56 Å². The summed E-state index contributed by atoms with van der Waals surface area (Å²) in [6.07, 6.45) is 5.50. The number of hydrogen-bond donors (Lipinski definition) is 1. The van der Waals surface area contributed by atoms with Gasteiger partial charge in [-0.15, -0.1) is 0 Å². The second-order valence-electron chi connectivity index (χ2n) is 5.22. The van der Waals surface area contributed by atoms with Crippen LogP contribution in [0.3, 0.4) is 0 Å². The molecular formula is C18H15N5. The summed E-state index contributed by atoms with van der Waals surface area (Å²) in [4.78, 5) is 8.63. The molecule has 4 rings (SSSR count). The maximum atomic E-state index is 4.61. The van der Waals surface area contributed by atoms with Crippen molar-refractivity contribution >= 4 is 11.5 Å². The molecule has 4 aromatic rings. The van der Waals surface area contributed by atoms with Gasteiger partial charge in [0.25, 0.3) is 0 Å². The highest BCUT2D eigenvalue weighted by Gasteiger charge is 2.05. The summed E-state index contributed by atoms with van der Waals surface area (Å²) in [6, 6.07) is 18.0. The Labute approximate surface area is 133 Å². The van der Waals surface area contributed by atoms with Gasteiger partial charge in [-0.25, -0.2) is 9.50 Å². The second kappa shape index (κ2) is 5.88. The Morgan fingerprint density at radius 2 is 1.78 bits per heavy atom. The van der Waals surface area contributed by atoms with Crippen LogP contribution in [0.2, 0.25) is 0 Å². The first-order chi connectivity index (χ1) is 11.4. The molecule has 1 N–H and O–H groups in total. The third-order valence-corrected chi connectivity index (χ3v) is 3.62. The van der Waals surface area contributed by atoms with Gasteiger partial charge in [-0.1, -0.05) is 30.3 Å². The highest BCUT2D eigenvalue weighted by molar-refractivity contribution is 5.64. The van der Waals surface area contributed by atoms with Crippen molar-refractivity contribution in [3.63, 3.8) is 0 Å². The Kier molecular flexibility index (Phi) is 3.44. The lowest BCUT2D eigenvalue weighted by molar-refractivity contribution is 0.940. The second-order valence-corrected chi connectivity index (χ2v) is 5.22. The van der Waals surface area contributed by atoms with Crippen molar-refractivity contribution in [2.45, 2.75) is 6.54 Å². The lowest BCUT2D eigenvalue weighted by Gasteiger charge is -2.05. The molecule has 0 radical (unpaired) electrons. The van der Waals surface area contributed by atoms with Gasteiger partial charge < -0.3 is 5.32 Å². The van der Waals surface area contributed by atoms with Crippen LogP contribution in [0.25, 0.3) is 16.9 Å². The predicted molar refractivity (Wildman–Crippen MR) is 90.0 cm³/mol. The summed E-state index contributed by atoms with van der Waals surface area (Å²) in [5, 5.41) is 7.88. The molecule has 0 unspecified atom stereocenters. The molecule has 0 aliphatic rings. The quantitative estimate of drug-likeness (QED) is 0.627. The Morgan fingerprint density at radius 3 is 2.61 bits per heavy atom. The number of hydrogen-bond acceptors (Lipinski definition) is 4. The Hall–Kier alpha value is -3.21. The third kappa shape index (κ3) is 2.89. The summed E-state index contributed by atoms with van der Waals surface area (Å²) in [6.45, 7) is 0.714. The van der Waals surface area contributed by atoms with E-state index in [9.17, 15) is 0 Å². The largest absolute Gasteiger partial charge is 0.366 e. The molecule has 0 bridgehead atoms. The van der Waals surface area contributed by atoms with Crippen LogP contribution >= 0.6 is 0 Å². The van der Waals surface area contributed by atoms with Crippen molar-refractivity contribution in [1.29, 1.82) is 0 Å². The molecule has 0 aliphatic carbocycles. The minimum Gasteiger partial charge on any atom is -0.366 e. The summed E-state index contributed by atoms with van der Waals surface area (Å²) < 4.78 is 1.79. The Bertz CT molecular complexity index is 916. The van der Waals surface area contributed by atoms with E-state index in [1.54, 1.807) is 16.9 Å². The standard InChI is InChI=1S/C18H15N5/c1-2-4-15(5-3-1)16-12-18-21-17(8-11-23(18)22-16)20-13-14-6-9-19-10-7-14/h1-12H,13H2,(H,20,21). The van der Waals surface area contributed by atoms with E-state index < -0.39 is 0 Å². The lowest BCUT2D eigenvalue weighted by Crippen LogP contribution is -2.02. The minimum absolute atomic E-state index is 0.714. The Balaban J connectivity index is 1.58. The van der Waals surface area contributed by atoms with Gasteiger partial charge in [0.1, 0.15) is 5.82 Å². The number of fused-ring (bicyclic) bond motifs is 1. The first kappa shape index (κ1) is 13.5. The van der Waals surface area contributed by atoms with E-state index in [4.69, 9.17) is 0 Å². The monoisotopic (exact) mass is 301 g/mol. The predicted octanol–water partition coefficient (Wildman–Crippen LogP) is 3.40. The van der Waals surface area contributed by atoms with E-state index in [1.807, 2.05) is 60.8 Å². The maximum Gasteiger partial charge on any atom is 0.157 e. The zero-order chi connectivity index (χ0) is 15.5. The molecule has 0 fully saturated rings. The van der Waals surface area contributed by atoms with Crippen LogP contribution in [0, 0.1) is 0 Å². The van der Waals surface area contributed by atoms with Gasteiger partial charge in [0, 0.05) is 36.8 Å². The summed E-state index contributed by atoms with van der Waals surface area (Å²) in [5.41, 5.74) is 4.00. The van der Waals surface area contributed by atoms with Crippen LogP contribution in [-0.4, -0.2) is 19.6 Å². The van der Waals surface area contributed by atoms with Crippen LogP contribution in [0.1, 0.15) is 5.56 Å². The number of nitrogens with one attached hydrogen (secondary N) is 1. The third-order valence-electron chi connectivity index (χ3n) is 3.62. The number of nitrogens with zero attached hydrogens (tertiary/aromatic N) is 4. The fourth-order valence-corrected chi connectivity index (χ4v) is 2.42. The van der Waals surface area contributed by atoms with E-state index >= 15 is 0 Å².